The van der Waals surface area contributed by atoms with Gasteiger partial charge in [-0.1, -0.05) is 54.6 Å². The third-order valence-corrected chi connectivity index (χ3v) is 7.16. The SMILES string of the molecule is O=C(O)[C@@H]1CSc2c(-c3cccc(C(F)(F)F)c3)c(Cc3cccc4ccccc34)cc(=O)n21.[U]. The molecule has 0 saturated heterocycles. The Morgan fingerprint density at radius 3 is 2.46 bits per heavy atom. The van der Waals surface area contributed by atoms with Crippen LogP contribution in [0.4, 0.5) is 13.2 Å². The Kier molecular flexibility index (Phi) is 7.24. The number of benzene rings is 3. The first-order valence-corrected chi connectivity index (χ1v) is 11.5. The van der Waals surface area contributed by atoms with Crippen molar-refractivity contribution in [3.05, 3.63) is 99.8 Å². The molecule has 0 saturated carbocycles. The van der Waals surface area contributed by atoms with E-state index in [9.17, 15) is 27.9 Å². The number of fused-ring (bicyclic) bond motifs is 2. The van der Waals surface area contributed by atoms with Gasteiger partial charge in [-0.25, -0.2) is 4.79 Å². The number of hydrogen-bond donors (Lipinski definition) is 1. The van der Waals surface area contributed by atoms with Gasteiger partial charge in [0.2, 0.25) is 0 Å². The molecule has 1 aliphatic rings. The largest absolute Gasteiger partial charge is 0.480 e. The van der Waals surface area contributed by atoms with Crippen molar-refractivity contribution in [3.63, 3.8) is 0 Å². The van der Waals surface area contributed by atoms with Gasteiger partial charge in [0.15, 0.2) is 0 Å². The summed E-state index contributed by atoms with van der Waals surface area (Å²) in [5, 5.41) is 12.0. The molecule has 176 valence electrons. The first kappa shape index (κ1) is 25.6. The van der Waals surface area contributed by atoms with Crippen molar-refractivity contribution < 1.29 is 54.2 Å². The molecule has 5 rings (SSSR count). The molecule has 35 heavy (non-hydrogen) atoms. The van der Waals surface area contributed by atoms with Gasteiger partial charge in [-0.05, 0) is 46.0 Å². The van der Waals surface area contributed by atoms with E-state index < -0.39 is 29.3 Å². The summed E-state index contributed by atoms with van der Waals surface area (Å²) in [5.74, 6) is -1.01. The van der Waals surface area contributed by atoms with Gasteiger partial charge in [0, 0.05) is 48.5 Å². The summed E-state index contributed by atoms with van der Waals surface area (Å²) >= 11 is 1.18. The molecule has 0 spiro atoms. The van der Waals surface area contributed by atoms with Gasteiger partial charge >= 0.3 is 12.1 Å². The molecule has 9 heteroatoms. The summed E-state index contributed by atoms with van der Waals surface area (Å²) in [7, 11) is 0. The van der Waals surface area contributed by atoms with Crippen LogP contribution in [0, 0.1) is 31.1 Å². The minimum atomic E-state index is -4.53. The van der Waals surface area contributed by atoms with Crippen molar-refractivity contribution in [1.29, 1.82) is 0 Å². The molecule has 0 amide bonds. The number of halogens is 3. The molecule has 0 radical (unpaired) electrons. The van der Waals surface area contributed by atoms with Gasteiger partial charge in [0.1, 0.15) is 6.04 Å². The molecule has 1 N–H and O–H groups in total. The molecule has 3 aromatic carbocycles. The van der Waals surface area contributed by atoms with Crippen molar-refractivity contribution in [1.82, 2.24) is 4.57 Å². The number of pyridine rings is 1. The minimum Gasteiger partial charge on any atom is -0.480 e. The van der Waals surface area contributed by atoms with Gasteiger partial charge in [0.05, 0.1) is 10.6 Å². The van der Waals surface area contributed by atoms with Crippen LogP contribution in [-0.2, 0) is 17.4 Å². The molecule has 1 atom stereocenters. The second-order valence-corrected chi connectivity index (χ2v) is 9.13. The first-order valence-electron chi connectivity index (χ1n) is 10.5. The zero-order valence-corrected chi connectivity index (χ0v) is 23.2. The Morgan fingerprint density at radius 1 is 1.00 bits per heavy atom. The Hall–Kier alpha value is -2.47. The van der Waals surface area contributed by atoms with Crippen molar-refractivity contribution >= 4 is 28.5 Å². The van der Waals surface area contributed by atoms with Gasteiger partial charge in [0.25, 0.3) is 5.56 Å². The molecule has 0 bridgehead atoms. The second-order valence-electron chi connectivity index (χ2n) is 8.12. The third-order valence-electron chi connectivity index (χ3n) is 6.00. The fourth-order valence-electron chi connectivity index (χ4n) is 4.45. The van der Waals surface area contributed by atoms with Crippen LogP contribution in [0.15, 0.2) is 82.6 Å². The zero-order chi connectivity index (χ0) is 24.0. The Bertz CT molecular complexity index is 1490. The number of carboxylic acids is 1. The van der Waals surface area contributed by atoms with Crippen molar-refractivity contribution in [2.75, 3.05) is 5.75 Å². The monoisotopic (exact) mass is 719 g/mol. The fraction of sp³-hybridized carbons (Fsp3) is 0.154. The average Bonchev–Trinajstić information content (AvgIpc) is 3.25. The van der Waals surface area contributed by atoms with Crippen LogP contribution in [0.25, 0.3) is 21.9 Å². The van der Waals surface area contributed by atoms with E-state index in [1.165, 1.54) is 28.5 Å². The van der Waals surface area contributed by atoms with Crippen LogP contribution in [0.1, 0.15) is 22.7 Å². The van der Waals surface area contributed by atoms with E-state index in [2.05, 4.69) is 0 Å². The van der Waals surface area contributed by atoms with Crippen molar-refractivity contribution in [2.45, 2.75) is 23.7 Å². The number of hydrogen-bond acceptors (Lipinski definition) is 3. The van der Waals surface area contributed by atoms with Crippen LogP contribution in [0.2, 0.25) is 0 Å². The number of nitrogens with zero attached hydrogens (tertiary/aromatic N) is 1. The number of aliphatic carboxylic acids is 1. The Balaban J connectivity index is 0.00000289. The van der Waals surface area contributed by atoms with E-state index in [1.807, 2.05) is 42.5 Å². The molecule has 0 fully saturated rings. The van der Waals surface area contributed by atoms with Gasteiger partial charge in [-0.3, -0.25) is 9.36 Å². The number of alkyl halides is 3. The van der Waals surface area contributed by atoms with Crippen molar-refractivity contribution in [2.24, 2.45) is 0 Å². The molecule has 1 aromatic heterocycles. The summed E-state index contributed by atoms with van der Waals surface area (Å²) in [6, 6.07) is 18.8. The molecule has 4 aromatic rings. The summed E-state index contributed by atoms with van der Waals surface area (Å²) < 4.78 is 41.6. The number of carboxylic acid groups (broad SMARTS) is 1. The average molecular weight is 720 g/mol. The topological polar surface area (TPSA) is 59.3 Å². The number of rotatable bonds is 4. The normalized spacial score (nSPS) is 15.0. The predicted molar refractivity (Wildman–Crippen MR) is 125 cm³/mol. The van der Waals surface area contributed by atoms with Crippen LogP contribution in [-0.4, -0.2) is 21.4 Å². The van der Waals surface area contributed by atoms with Crippen LogP contribution in [0.5, 0.6) is 0 Å². The van der Waals surface area contributed by atoms with Gasteiger partial charge < -0.3 is 5.11 Å². The molecular weight excluding hydrogens is 701 g/mol. The summed E-state index contributed by atoms with van der Waals surface area (Å²) in [6.07, 6.45) is -4.22. The number of carbonyl (C=O) groups is 1. The van der Waals surface area contributed by atoms with E-state index in [1.54, 1.807) is 6.07 Å². The predicted octanol–water partition coefficient (Wildman–Crippen LogP) is 6.01. The van der Waals surface area contributed by atoms with Gasteiger partial charge in [-0.15, -0.1) is 11.8 Å². The van der Waals surface area contributed by atoms with E-state index >= 15 is 0 Å². The Labute approximate surface area is 226 Å². The summed E-state index contributed by atoms with van der Waals surface area (Å²) in [4.78, 5) is 24.8. The molecule has 0 unspecified atom stereocenters. The minimum absolute atomic E-state index is 0. The summed E-state index contributed by atoms with van der Waals surface area (Å²) in [6.45, 7) is 0. The second kappa shape index (κ2) is 9.88. The van der Waals surface area contributed by atoms with E-state index in [4.69, 9.17) is 0 Å². The molecule has 2 heterocycles. The third kappa shape index (κ3) is 4.82. The Morgan fingerprint density at radius 2 is 1.71 bits per heavy atom. The zero-order valence-electron chi connectivity index (χ0n) is 18.2. The van der Waals surface area contributed by atoms with Crippen LogP contribution < -0.4 is 5.56 Å². The van der Waals surface area contributed by atoms with E-state index in [0.29, 0.717) is 28.1 Å². The van der Waals surface area contributed by atoms with Gasteiger partial charge in [-0.2, -0.15) is 13.2 Å². The fourth-order valence-corrected chi connectivity index (χ4v) is 5.81. The molecule has 1 aliphatic heterocycles. The number of thioether (sulfide) groups is 1. The number of aromatic nitrogens is 1. The molecule has 4 nitrogen and oxygen atoms in total. The molecular formula is C26H18F3NO3SU. The van der Waals surface area contributed by atoms with E-state index in [0.717, 1.165) is 28.5 Å². The first-order chi connectivity index (χ1) is 16.2. The maximum Gasteiger partial charge on any atom is 0.416 e. The van der Waals surface area contributed by atoms with Crippen LogP contribution in [0.3, 0.4) is 0 Å². The smallest absolute Gasteiger partial charge is 0.416 e. The maximum atomic E-state index is 13.5. The quantitative estimate of drug-likeness (QED) is 0.281. The van der Waals surface area contributed by atoms with E-state index in [-0.39, 0.29) is 36.9 Å². The standard InChI is InChI=1S/C26H18F3NO3S.U/c27-26(28,29)19-9-4-8-17(12-19)23-18(11-16-7-3-6-15-5-1-2-10-20(15)16)13-22(31)30-21(25(32)33)14-34-24(23)30;/h1-10,12-13,21H,11,14H2,(H,32,33);/t21-;/m0./s1. The molecule has 0 aliphatic carbocycles. The maximum absolute atomic E-state index is 13.5. The van der Waals surface area contributed by atoms with Crippen LogP contribution >= 0.6 is 11.8 Å². The summed E-state index contributed by atoms with van der Waals surface area (Å²) in [5.41, 5.74) is 0.973. The van der Waals surface area contributed by atoms with Crippen molar-refractivity contribution in [3.8, 4) is 11.1 Å².